The molecule has 0 radical (unpaired) electrons. The minimum atomic E-state index is -1.38. The zero-order valence-corrected chi connectivity index (χ0v) is 11.7. The van der Waals surface area contributed by atoms with Gasteiger partial charge in [-0.15, -0.1) is 0 Å². The van der Waals surface area contributed by atoms with E-state index in [1.165, 1.54) is 6.08 Å². The van der Waals surface area contributed by atoms with Crippen molar-refractivity contribution in [1.82, 2.24) is 0 Å². The monoisotopic (exact) mass is 256 g/mol. The van der Waals surface area contributed by atoms with Crippen molar-refractivity contribution < 1.29 is 19.1 Å². The Morgan fingerprint density at radius 1 is 1.35 bits per heavy atom. The SMILES string of the molecule is C=CCOC(=O)CC=C(C[Si](C)(C)C)OC=O. The second-order valence-corrected chi connectivity index (χ2v) is 10.3. The summed E-state index contributed by atoms with van der Waals surface area (Å²) in [6.07, 6.45) is 3.23. The zero-order valence-electron chi connectivity index (χ0n) is 10.7. The van der Waals surface area contributed by atoms with Crippen molar-refractivity contribution in [3.05, 3.63) is 24.5 Å². The third-order valence-electron chi connectivity index (χ3n) is 1.76. The number of allylic oxidation sites excluding steroid dienone is 1. The van der Waals surface area contributed by atoms with Gasteiger partial charge < -0.3 is 9.47 Å². The van der Waals surface area contributed by atoms with Crippen LogP contribution in [0.1, 0.15) is 6.42 Å². The number of rotatable bonds is 8. The normalized spacial score (nSPS) is 11.8. The van der Waals surface area contributed by atoms with Crippen LogP contribution in [0.5, 0.6) is 0 Å². The highest BCUT2D eigenvalue weighted by molar-refractivity contribution is 6.76. The van der Waals surface area contributed by atoms with Gasteiger partial charge in [-0.05, 0) is 6.08 Å². The van der Waals surface area contributed by atoms with Gasteiger partial charge in [0.15, 0.2) is 0 Å². The molecule has 0 saturated carbocycles. The van der Waals surface area contributed by atoms with Gasteiger partial charge in [-0.2, -0.15) is 0 Å². The highest BCUT2D eigenvalue weighted by Crippen LogP contribution is 2.17. The topological polar surface area (TPSA) is 52.6 Å². The summed E-state index contributed by atoms with van der Waals surface area (Å²) in [6, 6.07) is 0.723. The first-order valence-electron chi connectivity index (χ1n) is 5.45. The largest absolute Gasteiger partial charge is 0.461 e. The van der Waals surface area contributed by atoms with Crippen LogP contribution in [0.4, 0.5) is 0 Å². The quantitative estimate of drug-likeness (QED) is 0.220. The Hall–Kier alpha value is -1.36. The molecule has 5 heteroatoms. The molecule has 0 heterocycles. The summed E-state index contributed by atoms with van der Waals surface area (Å²) in [5.41, 5.74) is 0. The molecule has 0 aromatic carbocycles. The van der Waals surface area contributed by atoms with Gasteiger partial charge in [0, 0.05) is 6.04 Å². The van der Waals surface area contributed by atoms with Crippen LogP contribution in [0.3, 0.4) is 0 Å². The van der Waals surface area contributed by atoms with E-state index >= 15 is 0 Å². The van der Waals surface area contributed by atoms with E-state index in [2.05, 4.69) is 26.2 Å². The first-order chi connectivity index (χ1) is 7.89. The molecule has 0 aliphatic rings. The summed E-state index contributed by atoms with van der Waals surface area (Å²) in [6.45, 7) is 10.5. The summed E-state index contributed by atoms with van der Waals surface area (Å²) in [5, 5.41) is 0. The van der Waals surface area contributed by atoms with E-state index in [0.717, 1.165) is 6.04 Å². The fourth-order valence-corrected chi connectivity index (χ4v) is 2.43. The third kappa shape index (κ3) is 9.56. The number of ether oxygens (including phenoxy) is 2. The first kappa shape index (κ1) is 15.6. The lowest BCUT2D eigenvalue weighted by Crippen LogP contribution is -2.20. The molecule has 96 valence electrons. The van der Waals surface area contributed by atoms with E-state index in [4.69, 9.17) is 9.47 Å². The van der Waals surface area contributed by atoms with Crippen LogP contribution in [0.25, 0.3) is 0 Å². The average molecular weight is 256 g/mol. The number of esters is 1. The van der Waals surface area contributed by atoms with Gasteiger partial charge >= 0.3 is 5.97 Å². The fraction of sp³-hybridized carbons (Fsp3) is 0.500. The molecule has 17 heavy (non-hydrogen) atoms. The van der Waals surface area contributed by atoms with E-state index in [-0.39, 0.29) is 19.0 Å². The molecule has 0 N–H and O–H groups in total. The summed E-state index contributed by atoms with van der Waals surface area (Å²) >= 11 is 0. The van der Waals surface area contributed by atoms with Gasteiger partial charge in [0.05, 0.1) is 14.5 Å². The van der Waals surface area contributed by atoms with Crippen LogP contribution in [0.2, 0.25) is 25.7 Å². The molecule has 0 amide bonds. The molecule has 0 aromatic rings. The van der Waals surface area contributed by atoms with Gasteiger partial charge in [-0.3, -0.25) is 9.59 Å². The Labute approximate surface area is 103 Å². The maximum absolute atomic E-state index is 11.2. The molecule has 0 bridgehead atoms. The second kappa shape index (κ2) is 7.84. The second-order valence-electron chi connectivity index (χ2n) is 4.80. The van der Waals surface area contributed by atoms with E-state index in [0.29, 0.717) is 12.2 Å². The molecule has 4 nitrogen and oxygen atoms in total. The number of hydrogen-bond acceptors (Lipinski definition) is 4. The van der Waals surface area contributed by atoms with E-state index in [1.54, 1.807) is 6.08 Å². The zero-order chi connectivity index (χ0) is 13.3. The van der Waals surface area contributed by atoms with Gasteiger partial charge in [0.1, 0.15) is 12.4 Å². The van der Waals surface area contributed by atoms with Crippen molar-refractivity contribution in [1.29, 1.82) is 0 Å². The lowest BCUT2D eigenvalue weighted by atomic mass is 10.3. The Balaban J connectivity index is 4.33. The number of carbonyl (C=O) groups excluding carboxylic acids is 2. The van der Waals surface area contributed by atoms with Crippen LogP contribution in [0.15, 0.2) is 24.5 Å². The van der Waals surface area contributed by atoms with E-state index in [9.17, 15) is 9.59 Å². The summed E-state index contributed by atoms with van der Waals surface area (Å²) < 4.78 is 9.68. The van der Waals surface area contributed by atoms with Crippen molar-refractivity contribution in [3.63, 3.8) is 0 Å². The predicted molar refractivity (Wildman–Crippen MR) is 69.2 cm³/mol. The smallest absolute Gasteiger partial charge is 0.310 e. The number of carbonyl (C=O) groups is 2. The lowest BCUT2D eigenvalue weighted by Gasteiger charge is -2.16. The predicted octanol–water partition coefficient (Wildman–Crippen LogP) is 2.50. The molecular weight excluding hydrogens is 236 g/mol. The van der Waals surface area contributed by atoms with Gasteiger partial charge in [0.25, 0.3) is 6.47 Å². The maximum Gasteiger partial charge on any atom is 0.310 e. The molecule has 0 rings (SSSR count). The standard InChI is InChI=1S/C12H20O4Si/c1-5-8-15-12(14)7-6-11(16-10-13)9-17(2,3)4/h5-6,10H,1,7-9H2,2-4H3. The Morgan fingerprint density at radius 3 is 2.47 bits per heavy atom. The molecule has 0 atom stereocenters. The number of hydrogen-bond donors (Lipinski definition) is 0. The molecule has 0 aliphatic heterocycles. The van der Waals surface area contributed by atoms with Crippen LogP contribution < -0.4 is 0 Å². The molecule has 0 aliphatic carbocycles. The lowest BCUT2D eigenvalue weighted by molar-refractivity contribution is -0.141. The van der Waals surface area contributed by atoms with Gasteiger partial charge in [-0.1, -0.05) is 32.3 Å². The highest BCUT2D eigenvalue weighted by atomic mass is 28.3. The van der Waals surface area contributed by atoms with Crippen LogP contribution in [-0.2, 0) is 19.1 Å². The van der Waals surface area contributed by atoms with Crippen LogP contribution in [0, 0.1) is 0 Å². The molecular formula is C12H20O4Si. The van der Waals surface area contributed by atoms with E-state index < -0.39 is 8.07 Å². The highest BCUT2D eigenvalue weighted by Gasteiger charge is 2.17. The minimum absolute atomic E-state index is 0.113. The van der Waals surface area contributed by atoms with Crippen molar-refractivity contribution >= 4 is 20.5 Å². The summed E-state index contributed by atoms with van der Waals surface area (Å²) in [7, 11) is -1.38. The van der Waals surface area contributed by atoms with Crippen LogP contribution in [-0.4, -0.2) is 27.1 Å². The van der Waals surface area contributed by atoms with E-state index in [1.807, 2.05) is 0 Å². The summed E-state index contributed by atoms with van der Waals surface area (Å²) in [5.74, 6) is 0.196. The van der Waals surface area contributed by atoms with Crippen molar-refractivity contribution in [2.24, 2.45) is 0 Å². The molecule has 0 aromatic heterocycles. The fourth-order valence-electron chi connectivity index (χ4n) is 1.15. The van der Waals surface area contributed by atoms with Crippen LogP contribution >= 0.6 is 0 Å². The molecule has 0 saturated heterocycles. The van der Waals surface area contributed by atoms with Gasteiger partial charge in [0.2, 0.25) is 0 Å². The van der Waals surface area contributed by atoms with Crippen molar-refractivity contribution in [3.8, 4) is 0 Å². The third-order valence-corrected chi connectivity index (χ3v) is 3.17. The molecule has 0 spiro atoms. The molecule has 0 unspecified atom stereocenters. The van der Waals surface area contributed by atoms with Crippen molar-refractivity contribution in [2.45, 2.75) is 32.1 Å². The average Bonchev–Trinajstić information content (AvgIpc) is 2.21. The summed E-state index contributed by atoms with van der Waals surface area (Å²) in [4.78, 5) is 21.6. The minimum Gasteiger partial charge on any atom is -0.461 e. The first-order valence-corrected chi connectivity index (χ1v) is 9.15. The Morgan fingerprint density at radius 2 is 2.00 bits per heavy atom. The Kier molecular flexibility index (Phi) is 7.21. The van der Waals surface area contributed by atoms with Gasteiger partial charge in [-0.25, -0.2) is 0 Å². The maximum atomic E-state index is 11.2. The molecule has 0 fully saturated rings. The van der Waals surface area contributed by atoms with Crippen molar-refractivity contribution in [2.75, 3.05) is 6.61 Å². The Bertz CT molecular complexity index is 302.